The maximum absolute atomic E-state index is 12.4. The van der Waals surface area contributed by atoms with E-state index in [0.29, 0.717) is 6.61 Å². The summed E-state index contributed by atoms with van der Waals surface area (Å²) in [4.78, 5) is 0. The van der Waals surface area contributed by atoms with Gasteiger partial charge >= 0.3 is 0 Å². The molecule has 0 aromatic heterocycles. The van der Waals surface area contributed by atoms with E-state index < -0.39 is 15.1 Å². The molecule has 0 unspecified atom stereocenters. The van der Waals surface area contributed by atoms with Gasteiger partial charge in [-0.1, -0.05) is 53.4 Å². The molecule has 0 bridgehead atoms. The Bertz CT molecular complexity index is 870. The van der Waals surface area contributed by atoms with Gasteiger partial charge in [-0.05, 0) is 49.5 Å². The standard InChI is InChI=1S/C21H27BrO4S/c1-3-5-15-13-27(24,25)20-12-26-19(21(15)20)9-6-14(4-2)10-16-11-17(22)7-8-18(16)23/h7-8,10-11,19-20,23H,3-6,9,12-13H2,1-2H3/b14-10+/t19-,20+/m1/s1. The SMILES string of the molecule is CCCC1=C2[C@@H](CC/C(=C/c3cc(Br)ccc3O)CC)OC[C@@H]2S(=O)(=O)C1. The molecule has 0 radical (unpaired) electrons. The van der Waals surface area contributed by atoms with E-state index in [1.807, 2.05) is 18.2 Å². The van der Waals surface area contributed by atoms with Gasteiger partial charge in [-0.3, -0.25) is 0 Å². The molecule has 1 N–H and O–H groups in total. The molecule has 1 aromatic rings. The van der Waals surface area contributed by atoms with Gasteiger partial charge in [0.1, 0.15) is 11.0 Å². The quantitative estimate of drug-likeness (QED) is 0.587. The van der Waals surface area contributed by atoms with Gasteiger partial charge in [-0.25, -0.2) is 8.42 Å². The fourth-order valence-electron chi connectivity index (χ4n) is 4.06. The summed E-state index contributed by atoms with van der Waals surface area (Å²) in [5, 5.41) is 9.65. The summed E-state index contributed by atoms with van der Waals surface area (Å²) >= 11 is 3.44. The van der Waals surface area contributed by atoms with Crippen LogP contribution >= 0.6 is 15.9 Å². The van der Waals surface area contributed by atoms with Crippen LogP contribution in [0, 0.1) is 0 Å². The van der Waals surface area contributed by atoms with Crippen molar-refractivity contribution in [3.63, 3.8) is 0 Å². The van der Waals surface area contributed by atoms with E-state index >= 15 is 0 Å². The molecule has 0 spiro atoms. The van der Waals surface area contributed by atoms with Crippen LogP contribution < -0.4 is 0 Å². The Morgan fingerprint density at radius 2 is 2.15 bits per heavy atom. The van der Waals surface area contributed by atoms with E-state index in [1.54, 1.807) is 6.07 Å². The zero-order valence-corrected chi connectivity index (χ0v) is 18.3. The lowest BCUT2D eigenvalue weighted by atomic mass is 9.94. The number of sulfone groups is 1. The minimum atomic E-state index is -3.08. The summed E-state index contributed by atoms with van der Waals surface area (Å²) < 4.78 is 31.7. The molecule has 2 heterocycles. The molecule has 1 fully saturated rings. The Kier molecular flexibility index (Phi) is 6.49. The van der Waals surface area contributed by atoms with Crippen LogP contribution in [0.2, 0.25) is 0 Å². The summed E-state index contributed by atoms with van der Waals surface area (Å²) in [5.74, 6) is 0.472. The Hall–Kier alpha value is -1.11. The fraction of sp³-hybridized carbons (Fsp3) is 0.524. The molecule has 2 aliphatic heterocycles. The molecular formula is C21H27BrO4S. The first-order chi connectivity index (χ1) is 12.9. The molecule has 27 heavy (non-hydrogen) atoms. The highest BCUT2D eigenvalue weighted by atomic mass is 79.9. The van der Waals surface area contributed by atoms with Crippen molar-refractivity contribution in [1.82, 2.24) is 0 Å². The van der Waals surface area contributed by atoms with Gasteiger partial charge in [0.2, 0.25) is 0 Å². The Balaban J connectivity index is 1.76. The molecule has 0 amide bonds. The van der Waals surface area contributed by atoms with Crippen LogP contribution in [0.4, 0.5) is 0 Å². The molecule has 2 aliphatic rings. The van der Waals surface area contributed by atoms with E-state index in [0.717, 1.165) is 53.3 Å². The molecule has 148 valence electrons. The van der Waals surface area contributed by atoms with Crippen LogP contribution in [0.15, 0.2) is 39.4 Å². The lowest BCUT2D eigenvalue weighted by molar-refractivity contribution is 0.117. The number of hydrogen-bond acceptors (Lipinski definition) is 4. The second kappa shape index (κ2) is 8.50. The fourth-order valence-corrected chi connectivity index (χ4v) is 6.42. The number of benzene rings is 1. The van der Waals surface area contributed by atoms with E-state index in [9.17, 15) is 13.5 Å². The average molecular weight is 455 g/mol. The number of fused-ring (bicyclic) bond motifs is 1. The van der Waals surface area contributed by atoms with Crippen LogP contribution in [0.25, 0.3) is 6.08 Å². The molecule has 0 saturated carbocycles. The summed E-state index contributed by atoms with van der Waals surface area (Å²) in [6, 6.07) is 5.39. The van der Waals surface area contributed by atoms with Crippen LogP contribution in [0.1, 0.15) is 51.5 Å². The maximum atomic E-state index is 12.4. The minimum Gasteiger partial charge on any atom is -0.507 e. The molecule has 0 aliphatic carbocycles. The van der Waals surface area contributed by atoms with Crippen molar-refractivity contribution in [2.45, 2.75) is 57.3 Å². The molecule has 3 rings (SSSR count). The predicted octanol–water partition coefficient (Wildman–Crippen LogP) is 5.02. The van der Waals surface area contributed by atoms with Gasteiger partial charge in [-0.2, -0.15) is 0 Å². The van der Waals surface area contributed by atoms with Crippen molar-refractivity contribution >= 4 is 31.8 Å². The topological polar surface area (TPSA) is 63.6 Å². The summed E-state index contributed by atoms with van der Waals surface area (Å²) in [5.41, 5.74) is 4.13. The van der Waals surface area contributed by atoms with Gasteiger partial charge in [0.15, 0.2) is 9.84 Å². The van der Waals surface area contributed by atoms with Crippen LogP contribution in [-0.4, -0.2) is 37.2 Å². The normalized spacial score (nSPS) is 24.5. The van der Waals surface area contributed by atoms with Crippen molar-refractivity contribution in [3.8, 4) is 5.75 Å². The number of rotatable bonds is 7. The van der Waals surface area contributed by atoms with Crippen molar-refractivity contribution in [2.24, 2.45) is 0 Å². The first kappa shape index (κ1) is 20.6. The van der Waals surface area contributed by atoms with Crippen LogP contribution in [0.3, 0.4) is 0 Å². The average Bonchev–Trinajstić information content (AvgIpc) is 3.15. The number of halogens is 1. The van der Waals surface area contributed by atoms with Crippen LogP contribution in [-0.2, 0) is 14.6 Å². The Morgan fingerprint density at radius 1 is 1.37 bits per heavy atom. The van der Waals surface area contributed by atoms with Gasteiger partial charge in [0, 0.05) is 10.0 Å². The number of aromatic hydroxyl groups is 1. The molecule has 2 atom stereocenters. The third-order valence-electron chi connectivity index (χ3n) is 5.44. The van der Waals surface area contributed by atoms with E-state index in [4.69, 9.17) is 4.74 Å². The van der Waals surface area contributed by atoms with Crippen molar-refractivity contribution in [1.29, 1.82) is 0 Å². The lowest BCUT2D eigenvalue weighted by Crippen LogP contribution is -2.19. The number of phenolic OH excluding ortho intramolecular Hbond substituents is 1. The molecule has 6 heteroatoms. The highest BCUT2D eigenvalue weighted by Crippen LogP contribution is 2.40. The highest BCUT2D eigenvalue weighted by molar-refractivity contribution is 9.10. The van der Waals surface area contributed by atoms with E-state index in [-0.39, 0.29) is 17.6 Å². The van der Waals surface area contributed by atoms with Gasteiger partial charge in [0.25, 0.3) is 0 Å². The second-order valence-electron chi connectivity index (χ2n) is 7.32. The number of ether oxygens (including phenoxy) is 1. The van der Waals surface area contributed by atoms with Crippen molar-refractivity contribution in [3.05, 3.63) is 45.0 Å². The van der Waals surface area contributed by atoms with Crippen molar-refractivity contribution < 1.29 is 18.3 Å². The first-order valence-corrected chi connectivity index (χ1v) is 12.1. The molecule has 1 aromatic carbocycles. The number of allylic oxidation sites excluding steroid dienone is 1. The smallest absolute Gasteiger partial charge is 0.163 e. The summed E-state index contributed by atoms with van der Waals surface area (Å²) in [7, 11) is -3.08. The number of phenols is 1. The second-order valence-corrected chi connectivity index (χ2v) is 10.4. The largest absolute Gasteiger partial charge is 0.507 e. The van der Waals surface area contributed by atoms with Gasteiger partial charge in [-0.15, -0.1) is 0 Å². The minimum absolute atomic E-state index is 0.0973. The number of hydrogen-bond donors (Lipinski definition) is 1. The first-order valence-electron chi connectivity index (χ1n) is 9.58. The Labute approximate surface area is 170 Å². The lowest BCUT2D eigenvalue weighted by Gasteiger charge is -2.15. The van der Waals surface area contributed by atoms with Gasteiger partial charge < -0.3 is 9.84 Å². The summed E-state index contributed by atoms with van der Waals surface area (Å²) in [6.07, 6.45) is 6.20. The highest BCUT2D eigenvalue weighted by Gasteiger charge is 2.46. The predicted molar refractivity (Wildman–Crippen MR) is 113 cm³/mol. The molecule has 4 nitrogen and oxygen atoms in total. The van der Waals surface area contributed by atoms with E-state index in [2.05, 4.69) is 29.8 Å². The monoisotopic (exact) mass is 454 g/mol. The van der Waals surface area contributed by atoms with Crippen molar-refractivity contribution in [2.75, 3.05) is 12.4 Å². The maximum Gasteiger partial charge on any atom is 0.163 e. The van der Waals surface area contributed by atoms with Gasteiger partial charge in [0.05, 0.1) is 18.5 Å². The summed E-state index contributed by atoms with van der Waals surface area (Å²) in [6.45, 7) is 4.48. The third-order valence-corrected chi connectivity index (χ3v) is 7.94. The molecule has 1 saturated heterocycles. The third kappa shape index (κ3) is 4.49. The zero-order valence-electron chi connectivity index (χ0n) is 15.9. The van der Waals surface area contributed by atoms with E-state index in [1.165, 1.54) is 5.57 Å². The van der Waals surface area contributed by atoms with Crippen LogP contribution in [0.5, 0.6) is 5.75 Å². The molecular weight excluding hydrogens is 428 g/mol. The Morgan fingerprint density at radius 3 is 2.85 bits per heavy atom. The zero-order chi connectivity index (χ0) is 19.6.